The predicted molar refractivity (Wildman–Crippen MR) is 100 cm³/mol. The Morgan fingerprint density at radius 2 is 2.04 bits per heavy atom. The van der Waals surface area contributed by atoms with Crippen LogP contribution in [0.1, 0.15) is 37.3 Å². The Kier molecular flexibility index (Phi) is 8.69. The van der Waals surface area contributed by atoms with E-state index in [4.69, 9.17) is 4.74 Å². The first-order valence-electron chi connectivity index (χ1n) is 9.23. The highest BCUT2D eigenvalue weighted by atomic mass is 19.1. The highest BCUT2D eigenvalue weighted by Gasteiger charge is 2.09. The lowest BCUT2D eigenvalue weighted by molar-refractivity contribution is 0.181. The van der Waals surface area contributed by atoms with Crippen LogP contribution in [-0.4, -0.2) is 50.7 Å². The van der Waals surface area contributed by atoms with Crippen molar-refractivity contribution < 1.29 is 9.13 Å². The summed E-state index contributed by atoms with van der Waals surface area (Å²) in [5.74, 6) is 0.568. The summed E-state index contributed by atoms with van der Waals surface area (Å²) >= 11 is 0. The molecule has 140 valence electrons. The van der Waals surface area contributed by atoms with Crippen LogP contribution in [0.3, 0.4) is 0 Å². The number of aliphatic imine (C=N–C) groups is 1. The number of nitrogens with zero attached hydrogens (tertiary/aromatic N) is 2. The summed E-state index contributed by atoms with van der Waals surface area (Å²) < 4.78 is 18.7. The molecule has 1 aromatic carbocycles. The Hall–Kier alpha value is -1.66. The van der Waals surface area contributed by atoms with Crippen molar-refractivity contribution in [1.82, 2.24) is 15.5 Å². The van der Waals surface area contributed by atoms with Crippen LogP contribution in [0.25, 0.3) is 0 Å². The minimum atomic E-state index is -0.235. The summed E-state index contributed by atoms with van der Waals surface area (Å²) in [6.07, 6.45) is 3.97. The van der Waals surface area contributed by atoms with Gasteiger partial charge in [0, 0.05) is 32.3 Å². The molecular weight excluding hydrogens is 319 g/mol. The van der Waals surface area contributed by atoms with Crippen LogP contribution in [0.15, 0.2) is 23.2 Å². The molecule has 0 aromatic heterocycles. The van der Waals surface area contributed by atoms with Gasteiger partial charge >= 0.3 is 0 Å². The Labute approximate surface area is 150 Å². The summed E-state index contributed by atoms with van der Waals surface area (Å²) in [7, 11) is 1.57. The van der Waals surface area contributed by atoms with Gasteiger partial charge in [-0.2, -0.15) is 0 Å². The monoisotopic (exact) mass is 350 g/mol. The molecule has 0 aliphatic carbocycles. The third-order valence-electron chi connectivity index (χ3n) is 4.34. The molecule has 1 aromatic rings. The van der Waals surface area contributed by atoms with Crippen LogP contribution in [-0.2, 0) is 17.9 Å². The number of halogens is 1. The fraction of sp³-hybridized carbons (Fsp3) is 0.632. The zero-order valence-corrected chi connectivity index (χ0v) is 15.5. The number of benzene rings is 1. The normalized spacial score (nSPS) is 16.0. The van der Waals surface area contributed by atoms with Gasteiger partial charge in [-0.25, -0.2) is 9.38 Å². The average Bonchev–Trinajstić information content (AvgIpc) is 2.63. The van der Waals surface area contributed by atoms with E-state index in [1.807, 2.05) is 6.07 Å². The molecule has 0 amide bonds. The summed E-state index contributed by atoms with van der Waals surface area (Å²) in [5, 5.41) is 6.65. The lowest BCUT2D eigenvalue weighted by atomic mass is 10.1. The number of guanidine groups is 1. The van der Waals surface area contributed by atoms with E-state index >= 15 is 0 Å². The third-order valence-corrected chi connectivity index (χ3v) is 4.34. The zero-order valence-electron chi connectivity index (χ0n) is 15.5. The number of hydrogen-bond acceptors (Lipinski definition) is 3. The van der Waals surface area contributed by atoms with E-state index < -0.39 is 0 Å². The van der Waals surface area contributed by atoms with Crippen molar-refractivity contribution in [1.29, 1.82) is 0 Å². The van der Waals surface area contributed by atoms with Crippen molar-refractivity contribution in [2.24, 2.45) is 4.99 Å². The molecule has 0 unspecified atom stereocenters. The van der Waals surface area contributed by atoms with Gasteiger partial charge in [0.25, 0.3) is 0 Å². The quantitative estimate of drug-likeness (QED) is 0.559. The molecule has 1 fully saturated rings. The van der Waals surface area contributed by atoms with Gasteiger partial charge in [0.1, 0.15) is 5.82 Å². The molecule has 25 heavy (non-hydrogen) atoms. The number of piperidine rings is 1. The van der Waals surface area contributed by atoms with E-state index in [9.17, 15) is 4.39 Å². The van der Waals surface area contributed by atoms with E-state index in [0.29, 0.717) is 12.1 Å². The van der Waals surface area contributed by atoms with Gasteiger partial charge in [0.15, 0.2) is 5.96 Å². The van der Waals surface area contributed by atoms with Crippen LogP contribution < -0.4 is 10.6 Å². The van der Waals surface area contributed by atoms with E-state index in [1.54, 1.807) is 13.2 Å². The molecule has 0 radical (unpaired) electrons. The summed E-state index contributed by atoms with van der Waals surface area (Å²) in [6.45, 7) is 7.97. The second-order valence-corrected chi connectivity index (χ2v) is 6.38. The first-order valence-corrected chi connectivity index (χ1v) is 9.23. The zero-order chi connectivity index (χ0) is 17.9. The number of ether oxygens (including phenoxy) is 1. The van der Waals surface area contributed by atoms with Crippen LogP contribution in [0.2, 0.25) is 0 Å². The number of nitrogens with one attached hydrogen (secondary N) is 2. The fourth-order valence-corrected chi connectivity index (χ4v) is 3.02. The molecule has 2 rings (SSSR count). The van der Waals surface area contributed by atoms with E-state index in [-0.39, 0.29) is 12.4 Å². The maximum Gasteiger partial charge on any atom is 0.191 e. The molecule has 1 aliphatic heterocycles. The first-order chi connectivity index (χ1) is 12.2. The van der Waals surface area contributed by atoms with Crippen molar-refractivity contribution in [2.45, 2.75) is 39.3 Å². The maximum atomic E-state index is 13.7. The number of likely N-dealkylation sites (tertiary alicyclic amines) is 1. The fourth-order valence-electron chi connectivity index (χ4n) is 3.02. The summed E-state index contributed by atoms with van der Waals surface area (Å²) in [4.78, 5) is 7.11. The third kappa shape index (κ3) is 7.00. The van der Waals surface area contributed by atoms with Crippen LogP contribution in [0.4, 0.5) is 4.39 Å². The van der Waals surface area contributed by atoms with Crippen molar-refractivity contribution in [2.75, 3.05) is 39.8 Å². The van der Waals surface area contributed by atoms with Gasteiger partial charge in [-0.05, 0) is 50.6 Å². The van der Waals surface area contributed by atoms with E-state index in [0.717, 1.165) is 31.2 Å². The molecule has 5 nitrogen and oxygen atoms in total. The van der Waals surface area contributed by atoms with Crippen LogP contribution in [0, 0.1) is 5.82 Å². The molecule has 1 aliphatic rings. The molecule has 6 heteroatoms. The second-order valence-electron chi connectivity index (χ2n) is 6.38. The standard InChI is InChI=1S/C19H31FN4O/c1-3-21-19(22-9-12-24-10-5-4-6-11-24)23-14-16-7-8-18(20)17(13-16)15-25-2/h7-8,13H,3-6,9-12,14-15H2,1-2H3,(H2,21,22,23). The lowest BCUT2D eigenvalue weighted by Gasteiger charge is -2.26. The van der Waals surface area contributed by atoms with Crippen molar-refractivity contribution in [3.63, 3.8) is 0 Å². The molecule has 2 N–H and O–H groups in total. The SMILES string of the molecule is CCNC(=NCc1ccc(F)c(COC)c1)NCCN1CCCCC1. The first kappa shape index (κ1) is 19.7. The average molecular weight is 350 g/mol. The number of hydrogen-bond donors (Lipinski definition) is 2. The maximum absolute atomic E-state index is 13.7. The Bertz CT molecular complexity index is 544. The molecular formula is C19H31FN4O. The second kappa shape index (κ2) is 11.1. The molecule has 0 saturated carbocycles. The summed E-state index contributed by atoms with van der Waals surface area (Å²) in [5.41, 5.74) is 1.54. The molecule has 1 saturated heterocycles. The van der Waals surface area contributed by atoms with Gasteiger partial charge in [-0.15, -0.1) is 0 Å². The van der Waals surface area contributed by atoms with Gasteiger partial charge in [0.05, 0.1) is 13.2 Å². The van der Waals surface area contributed by atoms with Crippen LogP contribution in [0.5, 0.6) is 0 Å². The highest BCUT2D eigenvalue weighted by Crippen LogP contribution is 2.12. The molecule has 0 spiro atoms. The van der Waals surface area contributed by atoms with E-state index in [1.165, 1.54) is 38.4 Å². The van der Waals surface area contributed by atoms with Gasteiger partial charge in [-0.3, -0.25) is 0 Å². The van der Waals surface area contributed by atoms with Crippen molar-refractivity contribution in [3.05, 3.63) is 35.1 Å². The largest absolute Gasteiger partial charge is 0.380 e. The van der Waals surface area contributed by atoms with Crippen LogP contribution >= 0.6 is 0 Å². The predicted octanol–water partition coefficient (Wildman–Crippen LogP) is 2.51. The minimum Gasteiger partial charge on any atom is -0.380 e. The molecule has 0 bridgehead atoms. The topological polar surface area (TPSA) is 48.9 Å². The smallest absolute Gasteiger partial charge is 0.191 e. The van der Waals surface area contributed by atoms with Gasteiger partial charge in [0.2, 0.25) is 0 Å². The van der Waals surface area contributed by atoms with Crippen molar-refractivity contribution >= 4 is 5.96 Å². The minimum absolute atomic E-state index is 0.235. The summed E-state index contributed by atoms with van der Waals surface area (Å²) in [6, 6.07) is 5.07. The lowest BCUT2D eigenvalue weighted by Crippen LogP contribution is -2.42. The Morgan fingerprint density at radius 3 is 2.76 bits per heavy atom. The Morgan fingerprint density at radius 1 is 1.24 bits per heavy atom. The highest BCUT2D eigenvalue weighted by molar-refractivity contribution is 5.79. The molecule has 0 atom stereocenters. The van der Waals surface area contributed by atoms with Gasteiger partial charge < -0.3 is 20.3 Å². The number of methoxy groups -OCH3 is 1. The Balaban J connectivity index is 1.86. The van der Waals surface area contributed by atoms with Gasteiger partial charge in [-0.1, -0.05) is 12.5 Å². The number of rotatable bonds is 8. The van der Waals surface area contributed by atoms with E-state index in [2.05, 4.69) is 27.4 Å². The molecule has 1 heterocycles. The van der Waals surface area contributed by atoms with Crippen molar-refractivity contribution in [3.8, 4) is 0 Å².